The molecule has 0 spiro atoms. The quantitative estimate of drug-likeness (QED) is 0.453. The number of hydrogen-bond acceptors (Lipinski definition) is 3. The fourth-order valence-electron chi connectivity index (χ4n) is 1.17. The molecule has 0 aliphatic heterocycles. The molecule has 17 heavy (non-hydrogen) atoms. The predicted octanol–water partition coefficient (Wildman–Crippen LogP) is 2.79. The number of nitrogens with zero attached hydrogens (tertiary/aromatic N) is 1. The van der Waals surface area contributed by atoms with Gasteiger partial charge >= 0.3 is 5.97 Å². The zero-order valence-electron chi connectivity index (χ0n) is 10.0. The first-order valence-corrected chi connectivity index (χ1v) is 5.47. The van der Waals surface area contributed by atoms with Gasteiger partial charge in [0.05, 0.1) is 6.61 Å². The largest absolute Gasteiger partial charge is 0.461 e. The van der Waals surface area contributed by atoms with Crippen molar-refractivity contribution in [2.45, 2.75) is 13.8 Å². The van der Waals surface area contributed by atoms with Crippen LogP contribution in [-0.4, -0.2) is 12.6 Å². The molecule has 3 nitrogen and oxygen atoms in total. The van der Waals surface area contributed by atoms with Crippen molar-refractivity contribution in [3.63, 3.8) is 0 Å². The number of esters is 1. The second-order valence-electron chi connectivity index (χ2n) is 4.07. The lowest BCUT2D eigenvalue weighted by molar-refractivity contribution is -0.139. The van der Waals surface area contributed by atoms with Crippen LogP contribution in [0.4, 0.5) is 0 Å². The van der Waals surface area contributed by atoms with E-state index in [1.165, 1.54) is 6.08 Å². The minimum atomic E-state index is -0.565. The van der Waals surface area contributed by atoms with Crippen LogP contribution < -0.4 is 0 Å². The van der Waals surface area contributed by atoms with Crippen molar-refractivity contribution >= 4 is 12.0 Å². The maximum absolute atomic E-state index is 11.6. The Morgan fingerprint density at radius 2 is 2.06 bits per heavy atom. The molecule has 0 radical (unpaired) electrons. The van der Waals surface area contributed by atoms with Gasteiger partial charge in [-0.3, -0.25) is 0 Å². The Balaban J connectivity index is 2.75. The van der Waals surface area contributed by atoms with Gasteiger partial charge in [-0.1, -0.05) is 44.2 Å². The van der Waals surface area contributed by atoms with Crippen LogP contribution >= 0.6 is 0 Å². The van der Waals surface area contributed by atoms with Crippen LogP contribution in [0.1, 0.15) is 19.4 Å². The molecule has 0 heterocycles. The summed E-state index contributed by atoms with van der Waals surface area (Å²) in [5.41, 5.74) is 0.836. The van der Waals surface area contributed by atoms with Crippen LogP contribution in [-0.2, 0) is 9.53 Å². The molecule has 0 aliphatic rings. The predicted molar refractivity (Wildman–Crippen MR) is 65.8 cm³/mol. The van der Waals surface area contributed by atoms with Crippen molar-refractivity contribution in [2.24, 2.45) is 5.92 Å². The topological polar surface area (TPSA) is 50.1 Å². The number of rotatable bonds is 4. The molecule has 0 atom stereocenters. The fourth-order valence-corrected chi connectivity index (χ4v) is 1.17. The van der Waals surface area contributed by atoms with E-state index >= 15 is 0 Å². The van der Waals surface area contributed by atoms with E-state index in [-0.39, 0.29) is 11.5 Å². The van der Waals surface area contributed by atoms with E-state index in [0.29, 0.717) is 6.61 Å². The second kappa shape index (κ2) is 6.49. The van der Waals surface area contributed by atoms with Gasteiger partial charge in [-0.05, 0) is 17.6 Å². The first kappa shape index (κ1) is 13.0. The average molecular weight is 229 g/mol. The minimum Gasteiger partial charge on any atom is -0.461 e. The third kappa shape index (κ3) is 4.52. The van der Waals surface area contributed by atoms with Crippen molar-refractivity contribution < 1.29 is 9.53 Å². The molecular weight excluding hydrogens is 214 g/mol. The van der Waals surface area contributed by atoms with Crippen LogP contribution in [0.5, 0.6) is 0 Å². The molecule has 1 aromatic carbocycles. The Morgan fingerprint density at radius 3 is 2.59 bits per heavy atom. The Bertz CT molecular complexity index is 441. The van der Waals surface area contributed by atoms with Crippen molar-refractivity contribution in [3.8, 4) is 6.07 Å². The van der Waals surface area contributed by atoms with Gasteiger partial charge < -0.3 is 4.74 Å². The molecule has 0 bridgehead atoms. The van der Waals surface area contributed by atoms with E-state index in [0.717, 1.165) is 5.56 Å². The van der Waals surface area contributed by atoms with Crippen molar-refractivity contribution in [1.82, 2.24) is 0 Å². The van der Waals surface area contributed by atoms with E-state index < -0.39 is 5.97 Å². The summed E-state index contributed by atoms with van der Waals surface area (Å²) in [5.74, 6) is -0.305. The molecule has 0 N–H and O–H groups in total. The number of carbonyl (C=O) groups excluding carboxylic acids is 1. The van der Waals surface area contributed by atoms with Crippen molar-refractivity contribution in [2.75, 3.05) is 6.61 Å². The number of nitriles is 1. The molecule has 0 saturated heterocycles. The summed E-state index contributed by atoms with van der Waals surface area (Å²) in [6.45, 7) is 4.22. The maximum atomic E-state index is 11.6. The fraction of sp³-hybridized carbons (Fsp3) is 0.286. The molecule has 1 rings (SSSR count). The molecule has 0 aliphatic carbocycles. The highest BCUT2D eigenvalue weighted by Crippen LogP contribution is 2.08. The maximum Gasteiger partial charge on any atom is 0.348 e. The summed E-state index contributed by atoms with van der Waals surface area (Å²) in [4.78, 5) is 11.6. The smallest absolute Gasteiger partial charge is 0.348 e. The van der Waals surface area contributed by atoms with Crippen LogP contribution in [0.25, 0.3) is 6.08 Å². The average Bonchev–Trinajstić information content (AvgIpc) is 2.34. The number of ether oxygens (including phenoxy) is 1. The highest BCUT2D eigenvalue weighted by molar-refractivity contribution is 5.97. The zero-order chi connectivity index (χ0) is 12.7. The molecule has 0 fully saturated rings. The summed E-state index contributed by atoms with van der Waals surface area (Å²) in [6.07, 6.45) is 1.53. The summed E-state index contributed by atoms with van der Waals surface area (Å²) < 4.78 is 5.00. The molecule has 0 aromatic heterocycles. The van der Waals surface area contributed by atoms with E-state index in [9.17, 15) is 4.79 Å². The third-order valence-corrected chi connectivity index (χ3v) is 2.00. The molecule has 3 heteroatoms. The minimum absolute atomic E-state index is 0.0249. The number of hydrogen-bond donors (Lipinski definition) is 0. The van der Waals surface area contributed by atoms with E-state index in [1.807, 2.05) is 50.2 Å². The Kier molecular flexibility index (Phi) is 4.96. The summed E-state index contributed by atoms with van der Waals surface area (Å²) >= 11 is 0. The molecule has 88 valence electrons. The van der Waals surface area contributed by atoms with Crippen molar-refractivity contribution in [1.29, 1.82) is 5.26 Å². The first-order chi connectivity index (χ1) is 8.13. The van der Waals surface area contributed by atoms with Gasteiger partial charge in [0.1, 0.15) is 11.6 Å². The Morgan fingerprint density at radius 1 is 1.41 bits per heavy atom. The molecule has 0 unspecified atom stereocenters. The lowest BCUT2D eigenvalue weighted by Crippen LogP contribution is -2.11. The third-order valence-electron chi connectivity index (χ3n) is 2.00. The summed E-state index contributed by atoms with van der Waals surface area (Å²) in [5, 5.41) is 8.90. The molecule has 1 aromatic rings. The van der Waals surface area contributed by atoms with Crippen molar-refractivity contribution in [3.05, 3.63) is 41.5 Å². The highest BCUT2D eigenvalue weighted by Gasteiger charge is 2.11. The van der Waals surface area contributed by atoms with Gasteiger partial charge in [0.2, 0.25) is 0 Å². The number of carbonyl (C=O) groups is 1. The van der Waals surface area contributed by atoms with Gasteiger partial charge in [-0.2, -0.15) is 5.26 Å². The Labute approximate surface area is 101 Å². The lowest BCUT2D eigenvalue weighted by atomic mass is 10.1. The van der Waals surface area contributed by atoms with Gasteiger partial charge in [-0.15, -0.1) is 0 Å². The standard InChI is InChI=1S/C14H15NO2/c1-11(2)10-17-14(16)13(9-15)8-12-6-4-3-5-7-12/h3-8,11H,10H2,1-2H3/b13-8+. The van der Waals surface area contributed by atoms with E-state index in [1.54, 1.807) is 0 Å². The zero-order valence-corrected chi connectivity index (χ0v) is 10.0. The van der Waals surface area contributed by atoms with Gasteiger partial charge in [0.25, 0.3) is 0 Å². The first-order valence-electron chi connectivity index (χ1n) is 5.47. The summed E-state index contributed by atoms with van der Waals surface area (Å²) in [7, 11) is 0. The van der Waals surface area contributed by atoms with E-state index in [2.05, 4.69) is 0 Å². The van der Waals surface area contributed by atoms with E-state index in [4.69, 9.17) is 10.00 Å². The van der Waals surface area contributed by atoms with Crippen LogP contribution in [0.2, 0.25) is 0 Å². The Hall–Kier alpha value is -2.08. The van der Waals surface area contributed by atoms with Gasteiger partial charge in [-0.25, -0.2) is 4.79 Å². The monoisotopic (exact) mass is 229 g/mol. The van der Waals surface area contributed by atoms with Crippen LogP contribution in [0.3, 0.4) is 0 Å². The van der Waals surface area contributed by atoms with Gasteiger partial charge in [0, 0.05) is 0 Å². The molecule has 0 saturated carbocycles. The lowest BCUT2D eigenvalue weighted by Gasteiger charge is -2.05. The van der Waals surface area contributed by atoms with Crippen LogP contribution in [0, 0.1) is 17.2 Å². The number of benzene rings is 1. The molecular formula is C14H15NO2. The van der Waals surface area contributed by atoms with Crippen LogP contribution in [0.15, 0.2) is 35.9 Å². The summed E-state index contributed by atoms with van der Waals surface area (Å²) in [6, 6.07) is 11.1. The molecule has 0 amide bonds. The second-order valence-corrected chi connectivity index (χ2v) is 4.07. The SMILES string of the molecule is CC(C)COC(=O)/C(C#N)=C/c1ccccc1. The normalized spacial score (nSPS) is 11.1. The van der Waals surface area contributed by atoms with Gasteiger partial charge in [0.15, 0.2) is 0 Å². The highest BCUT2D eigenvalue weighted by atomic mass is 16.5.